The lowest BCUT2D eigenvalue weighted by Crippen LogP contribution is -1.98. The third kappa shape index (κ3) is 4.79. The Morgan fingerprint density at radius 2 is 0.875 bits per heavy atom. The van der Waals surface area contributed by atoms with E-state index in [0.717, 1.165) is 60.9 Å². The van der Waals surface area contributed by atoms with E-state index in [1.807, 2.05) is 18.3 Å². The number of benzene rings is 7. The summed E-state index contributed by atoms with van der Waals surface area (Å²) < 4.78 is 0. The number of hydrogen-bond acceptors (Lipinski definition) is 4. The van der Waals surface area contributed by atoms with E-state index in [0.29, 0.717) is 5.82 Å². The lowest BCUT2D eigenvalue weighted by molar-refractivity contribution is 1.22. The van der Waals surface area contributed by atoms with Crippen molar-refractivity contribution in [1.82, 2.24) is 19.9 Å². The van der Waals surface area contributed by atoms with Crippen molar-refractivity contribution < 1.29 is 0 Å². The summed E-state index contributed by atoms with van der Waals surface area (Å²) in [6.45, 7) is 0. The Hall–Kier alpha value is -6.52. The van der Waals surface area contributed by atoms with Gasteiger partial charge in [-0.2, -0.15) is 0 Å². The van der Waals surface area contributed by atoms with Crippen LogP contribution in [0, 0.1) is 0 Å². The van der Waals surface area contributed by atoms with E-state index in [1.54, 1.807) is 12.4 Å². The van der Waals surface area contributed by atoms with E-state index >= 15 is 0 Å². The van der Waals surface area contributed by atoms with Crippen molar-refractivity contribution in [3.8, 4) is 55.9 Å². The molecule has 2 heterocycles. The van der Waals surface area contributed by atoms with Crippen LogP contribution in [0.2, 0.25) is 0 Å². The van der Waals surface area contributed by atoms with Crippen LogP contribution in [0.4, 0.5) is 0 Å². The van der Waals surface area contributed by atoms with Gasteiger partial charge in [0.15, 0.2) is 5.82 Å². The van der Waals surface area contributed by atoms with Crippen LogP contribution in [-0.2, 0) is 0 Å². The fourth-order valence-corrected chi connectivity index (χ4v) is 6.74. The second-order valence-corrected chi connectivity index (χ2v) is 11.9. The van der Waals surface area contributed by atoms with Gasteiger partial charge < -0.3 is 0 Å². The Kier molecular flexibility index (Phi) is 6.76. The van der Waals surface area contributed by atoms with Gasteiger partial charge in [0.25, 0.3) is 0 Å². The normalized spacial score (nSPS) is 11.3. The fraction of sp³-hybridized carbons (Fsp3) is 0. The molecular weight excluding hydrogens is 585 g/mol. The maximum absolute atomic E-state index is 5.25. The van der Waals surface area contributed by atoms with E-state index in [9.17, 15) is 0 Å². The van der Waals surface area contributed by atoms with Crippen LogP contribution in [0.1, 0.15) is 0 Å². The second kappa shape index (κ2) is 11.7. The van der Waals surface area contributed by atoms with Crippen LogP contribution in [0.5, 0.6) is 0 Å². The molecule has 0 saturated heterocycles. The zero-order valence-electron chi connectivity index (χ0n) is 26.0. The van der Waals surface area contributed by atoms with Gasteiger partial charge in [0.1, 0.15) is 5.52 Å². The smallest absolute Gasteiger partial charge is 0.159 e. The zero-order chi connectivity index (χ0) is 31.9. The molecule has 0 atom stereocenters. The summed E-state index contributed by atoms with van der Waals surface area (Å²) in [5.74, 6) is 0.666. The van der Waals surface area contributed by atoms with Crippen molar-refractivity contribution in [2.45, 2.75) is 0 Å². The molecule has 7 aromatic carbocycles. The van der Waals surface area contributed by atoms with E-state index in [-0.39, 0.29) is 0 Å². The van der Waals surface area contributed by atoms with Crippen LogP contribution >= 0.6 is 0 Å². The summed E-state index contributed by atoms with van der Waals surface area (Å²) in [5, 5.41) is 3.39. The average molecular weight is 613 g/mol. The minimum atomic E-state index is 0.666. The molecule has 224 valence electrons. The Balaban J connectivity index is 1.14. The largest absolute Gasteiger partial charge is 0.252 e. The minimum Gasteiger partial charge on any atom is -0.252 e. The minimum absolute atomic E-state index is 0.666. The summed E-state index contributed by atoms with van der Waals surface area (Å²) in [6.07, 6.45) is 5.39. The average Bonchev–Trinajstić information content (AvgIpc) is 3.18. The van der Waals surface area contributed by atoms with Crippen molar-refractivity contribution >= 4 is 32.7 Å². The molecule has 9 rings (SSSR count). The zero-order valence-corrected chi connectivity index (χ0v) is 26.0. The Morgan fingerprint density at radius 3 is 1.56 bits per heavy atom. The molecule has 0 aliphatic carbocycles. The summed E-state index contributed by atoms with van der Waals surface area (Å²) in [5.41, 5.74) is 12.4. The number of nitrogens with zero attached hydrogens (tertiary/aromatic N) is 4. The highest BCUT2D eigenvalue weighted by atomic mass is 14.9. The second-order valence-electron chi connectivity index (χ2n) is 11.9. The van der Waals surface area contributed by atoms with Crippen molar-refractivity contribution in [3.05, 3.63) is 170 Å². The molecule has 0 radical (unpaired) electrons. The topological polar surface area (TPSA) is 51.6 Å². The van der Waals surface area contributed by atoms with Crippen LogP contribution in [0.25, 0.3) is 88.6 Å². The highest BCUT2D eigenvalue weighted by molar-refractivity contribution is 6.17. The number of rotatable bonds is 5. The van der Waals surface area contributed by atoms with Gasteiger partial charge in [-0.25, -0.2) is 9.97 Å². The van der Waals surface area contributed by atoms with Gasteiger partial charge in [0.2, 0.25) is 0 Å². The van der Waals surface area contributed by atoms with Gasteiger partial charge >= 0.3 is 0 Å². The summed E-state index contributed by atoms with van der Waals surface area (Å²) in [7, 11) is 0. The quantitative estimate of drug-likeness (QED) is 0.181. The van der Waals surface area contributed by atoms with Gasteiger partial charge in [0.05, 0.1) is 11.0 Å². The van der Waals surface area contributed by atoms with Gasteiger partial charge in [-0.05, 0) is 44.2 Å². The molecule has 9 aromatic rings. The van der Waals surface area contributed by atoms with Gasteiger partial charge in [-0.3, -0.25) is 9.97 Å². The third-order valence-electron chi connectivity index (χ3n) is 9.05. The predicted molar refractivity (Wildman–Crippen MR) is 197 cm³/mol. The molecule has 48 heavy (non-hydrogen) atoms. The van der Waals surface area contributed by atoms with Crippen molar-refractivity contribution in [1.29, 1.82) is 0 Å². The van der Waals surface area contributed by atoms with E-state index < -0.39 is 0 Å². The molecule has 0 spiro atoms. The standard InChI is InChI=1S/C44H28N4/c1-3-11-33(12-4-1)39-40(34-13-5-2-6-14-34)43-42(45-26-27-46-43)38-28-47-44(48-41(38)39)35-24-20-30(21-25-35)29-18-22-32(23-19-29)37-17-9-15-31-10-7-8-16-36(31)37/h1-28H. The van der Waals surface area contributed by atoms with Crippen LogP contribution < -0.4 is 0 Å². The Labute approximate surface area is 278 Å². The Bertz CT molecular complexity index is 2570. The first-order chi connectivity index (χ1) is 23.8. The van der Waals surface area contributed by atoms with Crippen molar-refractivity contribution in [2.75, 3.05) is 0 Å². The van der Waals surface area contributed by atoms with Crippen LogP contribution in [-0.4, -0.2) is 19.9 Å². The molecule has 0 fully saturated rings. The maximum Gasteiger partial charge on any atom is 0.159 e. The first-order valence-electron chi connectivity index (χ1n) is 16.1. The lowest BCUT2D eigenvalue weighted by Gasteiger charge is -2.17. The first kappa shape index (κ1) is 27.8. The van der Waals surface area contributed by atoms with Crippen molar-refractivity contribution in [2.24, 2.45) is 0 Å². The van der Waals surface area contributed by atoms with Crippen LogP contribution in [0.3, 0.4) is 0 Å². The van der Waals surface area contributed by atoms with E-state index in [2.05, 4.69) is 140 Å². The number of aromatic nitrogens is 4. The van der Waals surface area contributed by atoms with Crippen molar-refractivity contribution in [3.63, 3.8) is 0 Å². The predicted octanol–water partition coefficient (Wildman–Crippen LogP) is 11.1. The molecule has 4 nitrogen and oxygen atoms in total. The van der Waals surface area contributed by atoms with Crippen LogP contribution in [0.15, 0.2) is 170 Å². The molecule has 0 aliphatic rings. The van der Waals surface area contributed by atoms with E-state index in [1.165, 1.54) is 21.9 Å². The molecule has 4 heteroatoms. The molecular formula is C44H28N4. The molecule has 0 amide bonds. The highest BCUT2D eigenvalue weighted by Gasteiger charge is 2.21. The summed E-state index contributed by atoms with van der Waals surface area (Å²) in [6, 6.07) is 53.1. The first-order valence-corrected chi connectivity index (χ1v) is 16.1. The molecule has 0 unspecified atom stereocenters. The third-order valence-corrected chi connectivity index (χ3v) is 9.05. The molecule has 2 aromatic heterocycles. The fourth-order valence-electron chi connectivity index (χ4n) is 6.74. The number of fused-ring (bicyclic) bond motifs is 4. The lowest BCUT2D eigenvalue weighted by atomic mass is 9.90. The van der Waals surface area contributed by atoms with Gasteiger partial charge in [0, 0.05) is 40.7 Å². The summed E-state index contributed by atoms with van der Waals surface area (Å²) in [4.78, 5) is 19.7. The molecule has 0 saturated carbocycles. The number of hydrogen-bond donors (Lipinski definition) is 0. The molecule has 0 N–H and O–H groups in total. The maximum atomic E-state index is 5.25. The monoisotopic (exact) mass is 612 g/mol. The summed E-state index contributed by atoms with van der Waals surface area (Å²) >= 11 is 0. The van der Waals surface area contributed by atoms with Gasteiger partial charge in [-0.1, -0.05) is 152 Å². The van der Waals surface area contributed by atoms with E-state index in [4.69, 9.17) is 19.9 Å². The SMILES string of the molecule is c1ccc(-c2c(-c3ccccc3)c3nccnc3c3cnc(-c4ccc(-c5ccc(-c6cccc7ccccc67)cc5)cc4)nc23)cc1. The molecule has 0 bridgehead atoms. The Morgan fingerprint density at radius 1 is 0.333 bits per heavy atom. The van der Waals surface area contributed by atoms with Gasteiger partial charge in [-0.15, -0.1) is 0 Å². The highest BCUT2D eigenvalue weighted by Crippen LogP contribution is 2.42. The molecule has 0 aliphatic heterocycles.